The van der Waals surface area contributed by atoms with Crippen LogP contribution in [0.3, 0.4) is 0 Å². The Bertz CT molecular complexity index is 1170. The van der Waals surface area contributed by atoms with Gasteiger partial charge in [0.15, 0.2) is 0 Å². The van der Waals surface area contributed by atoms with Gasteiger partial charge in [-0.15, -0.1) is 0 Å². The van der Waals surface area contributed by atoms with Gasteiger partial charge in [-0.3, -0.25) is 14.4 Å². The molecule has 1 N–H and O–H groups in total. The number of aromatic amines is 1. The minimum absolute atomic E-state index is 0.0116. The van der Waals surface area contributed by atoms with Crippen LogP contribution in [-0.4, -0.2) is 58.3 Å². The molecule has 0 aliphatic carbocycles. The van der Waals surface area contributed by atoms with E-state index in [1.165, 1.54) is 0 Å². The number of fused-ring (bicyclic) bond motifs is 1. The van der Waals surface area contributed by atoms with E-state index in [1.54, 1.807) is 11.8 Å². The maximum Gasteiger partial charge on any atom is 0.306 e. The van der Waals surface area contributed by atoms with Crippen molar-refractivity contribution < 1.29 is 19.1 Å². The normalized spacial score (nSPS) is 11.0. The van der Waals surface area contributed by atoms with Crippen LogP contribution in [0, 0.1) is 6.92 Å². The zero-order valence-electron chi connectivity index (χ0n) is 21.8. The lowest BCUT2D eigenvalue weighted by molar-refractivity contribution is -0.147. The van der Waals surface area contributed by atoms with Gasteiger partial charge in [-0.1, -0.05) is 48.0 Å². The molecule has 0 atom stereocenters. The van der Waals surface area contributed by atoms with E-state index in [-0.39, 0.29) is 43.8 Å². The number of aryl methyl sites for hydroxylation is 1. The van der Waals surface area contributed by atoms with Gasteiger partial charge in [-0.25, -0.2) is 0 Å². The molecule has 0 aliphatic heterocycles. The van der Waals surface area contributed by atoms with Crippen LogP contribution < -0.4 is 0 Å². The van der Waals surface area contributed by atoms with E-state index in [4.69, 9.17) is 4.74 Å². The molecule has 3 rings (SSSR count). The average molecular weight is 492 g/mol. The van der Waals surface area contributed by atoms with Crippen molar-refractivity contribution in [2.45, 2.75) is 59.5 Å². The zero-order chi connectivity index (χ0) is 26.1. The van der Waals surface area contributed by atoms with Gasteiger partial charge in [0, 0.05) is 42.7 Å². The number of hydrogen-bond acceptors (Lipinski definition) is 4. The third kappa shape index (κ3) is 7.44. The van der Waals surface area contributed by atoms with Gasteiger partial charge in [0.05, 0.1) is 19.6 Å². The number of nitrogens with zero attached hydrogens (tertiary/aromatic N) is 2. The van der Waals surface area contributed by atoms with E-state index in [2.05, 4.69) is 11.1 Å². The van der Waals surface area contributed by atoms with Crippen LogP contribution in [0.25, 0.3) is 10.9 Å². The summed E-state index contributed by atoms with van der Waals surface area (Å²) in [5, 5.41) is 1.15. The van der Waals surface area contributed by atoms with Crippen molar-refractivity contribution in [3.63, 3.8) is 0 Å². The first-order valence-electron chi connectivity index (χ1n) is 12.6. The molecule has 0 unspecified atom stereocenters. The summed E-state index contributed by atoms with van der Waals surface area (Å²) in [6.07, 6.45) is 2.73. The number of esters is 1. The molecule has 2 aromatic carbocycles. The van der Waals surface area contributed by atoms with Gasteiger partial charge >= 0.3 is 5.97 Å². The highest BCUT2D eigenvalue weighted by molar-refractivity contribution is 5.87. The molecule has 0 radical (unpaired) electrons. The van der Waals surface area contributed by atoms with Crippen LogP contribution in [0.2, 0.25) is 0 Å². The highest BCUT2D eigenvalue weighted by Crippen LogP contribution is 2.19. The van der Waals surface area contributed by atoms with Gasteiger partial charge in [0.2, 0.25) is 11.8 Å². The number of amides is 2. The quantitative estimate of drug-likeness (QED) is 0.375. The molecule has 0 spiro atoms. The maximum absolute atomic E-state index is 13.5. The summed E-state index contributed by atoms with van der Waals surface area (Å²) in [4.78, 5) is 44.8. The highest BCUT2D eigenvalue weighted by atomic mass is 16.5. The predicted molar refractivity (Wildman–Crippen MR) is 141 cm³/mol. The Balaban J connectivity index is 1.73. The number of benzene rings is 2. The Morgan fingerprint density at radius 3 is 2.39 bits per heavy atom. The molecule has 192 valence electrons. The maximum atomic E-state index is 13.5. The summed E-state index contributed by atoms with van der Waals surface area (Å²) >= 11 is 0. The van der Waals surface area contributed by atoms with E-state index in [9.17, 15) is 14.4 Å². The minimum Gasteiger partial charge on any atom is -0.466 e. The molecule has 0 fully saturated rings. The number of rotatable bonds is 12. The van der Waals surface area contributed by atoms with E-state index < -0.39 is 5.97 Å². The van der Waals surface area contributed by atoms with E-state index in [0.717, 1.165) is 27.6 Å². The van der Waals surface area contributed by atoms with Crippen molar-refractivity contribution in [3.8, 4) is 0 Å². The standard InChI is InChI=1S/C29H37N3O4/c1-5-36-29(35)15-14-27(33)32(21(2)3)20-28(34)31(19-23-12-10-22(4)11-13-23)17-16-24-18-30-26-9-7-6-8-25(24)26/h6-13,18,21,30H,5,14-17,19-20H2,1-4H3. The predicted octanol–water partition coefficient (Wildman–Crippen LogP) is 4.63. The number of ether oxygens (including phenoxy) is 1. The molecule has 0 saturated heterocycles. The lowest BCUT2D eigenvalue weighted by Crippen LogP contribution is -2.46. The Labute approximate surface area is 213 Å². The van der Waals surface area contributed by atoms with E-state index >= 15 is 0 Å². The number of nitrogens with one attached hydrogen (secondary N) is 1. The largest absolute Gasteiger partial charge is 0.466 e. The lowest BCUT2D eigenvalue weighted by atomic mass is 10.1. The Morgan fingerprint density at radius 1 is 0.972 bits per heavy atom. The third-order valence-electron chi connectivity index (χ3n) is 6.27. The van der Waals surface area contributed by atoms with Gasteiger partial charge in [0.25, 0.3) is 0 Å². The Morgan fingerprint density at radius 2 is 1.69 bits per heavy atom. The second-order valence-electron chi connectivity index (χ2n) is 9.33. The number of H-pyrrole nitrogens is 1. The van der Waals surface area contributed by atoms with Crippen molar-refractivity contribution >= 4 is 28.7 Å². The number of carbonyl (C=O) groups excluding carboxylic acids is 3. The fourth-order valence-electron chi connectivity index (χ4n) is 4.19. The molecule has 0 saturated carbocycles. The van der Waals surface area contributed by atoms with Gasteiger partial charge in [-0.2, -0.15) is 0 Å². The summed E-state index contributed by atoms with van der Waals surface area (Å²) in [7, 11) is 0. The van der Waals surface area contributed by atoms with Crippen LogP contribution in [-0.2, 0) is 32.1 Å². The summed E-state index contributed by atoms with van der Waals surface area (Å²) in [5.74, 6) is -0.743. The fraction of sp³-hybridized carbons (Fsp3) is 0.414. The summed E-state index contributed by atoms with van der Waals surface area (Å²) in [5.41, 5.74) is 4.42. The molecule has 7 nitrogen and oxygen atoms in total. The van der Waals surface area contributed by atoms with Crippen molar-refractivity contribution in [3.05, 3.63) is 71.4 Å². The molecule has 1 heterocycles. The Hall–Kier alpha value is -3.61. The molecule has 0 bridgehead atoms. The van der Waals surface area contributed by atoms with Crippen molar-refractivity contribution in [1.82, 2.24) is 14.8 Å². The summed E-state index contributed by atoms with van der Waals surface area (Å²) < 4.78 is 4.94. The number of para-hydroxylation sites is 1. The SMILES string of the molecule is CCOC(=O)CCC(=O)N(CC(=O)N(CCc1c[nH]c2ccccc12)Cc1ccc(C)cc1)C(C)C. The monoisotopic (exact) mass is 491 g/mol. The number of carbonyl (C=O) groups is 3. The first-order valence-corrected chi connectivity index (χ1v) is 12.6. The molecule has 7 heteroatoms. The van der Waals surface area contributed by atoms with Crippen molar-refractivity contribution in [1.29, 1.82) is 0 Å². The van der Waals surface area contributed by atoms with Gasteiger partial charge < -0.3 is 19.5 Å². The molecular formula is C29H37N3O4. The van der Waals surface area contributed by atoms with E-state index in [1.807, 2.05) is 74.3 Å². The molecular weight excluding hydrogens is 454 g/mol. The van der Waals surface area contributed by atoms with Crippen LogP contribution in [0.5, 0.6) is 0 Å². The minimum atomic E-state index is -0.402. The van der Waals surface area contributed by atoms with Crippen molar-refractivity contribution in [2.75, 3.05) is 19.7 Å². The topological polar surface area (TPSA) is 82.7 Å². The number of aromatic nitrogens is 1. The summed E-state index contributed by atoms with van der Waals surface area (Å²) in [6, 6.07) is 16.1. The highest BCUT2D eigenvalue weighted by Gasteiger charge is 2.24. The smallest absolute Gasteiger partial charge is 0.306 e. The fourth-order valence-corrected chi connectivity index (χ4v) is 4.19. The second kappa shape index (κ2) is 12.9. The average Bonchev–Trinajstić information content (AvgIpc) is 3.27. The van der Waals surface area contributed by atoms with Gasteiger partial charge in [0.1, 0.15) is 0 Å². The van der Waals surface area contributed by atoms with Crippen LogP contribution in [0.1, 0.15) is 50.3 Å². The molecule has 0 aliphatic rings. The summed E-state index contributed by atoms with van der Waals surface area (Å²) in [6.45, 7) is 8.77. The second-order valence-corrected chi connectivity index (χ2v) is 9.33. The molecule has 36 heavy (non-hydrogen) atoms. The molecule has 2 amide bonds. The number of hydrogen-bond donors (Lipinski definition) is 1. The molecule has 1 aromatic heterocycles. The van der Waals surface area contributed by atoms with Crippen molar-refractivity contribution in [2.24, 2.45) is 0 Å². The van der Waals surface area contributed by atoms with Crippen LogP contribution in [0.15, 0.2) is 54.7 Å². The molecule has 3 aromatic rings. The third-order valence-corrected chi connectivity index (χ3v) is 6.27. The first kappa shape index (κ1) is 27.0. The Kier molecular flexibility index (Phi) is 9.68. The zero-order valence-corrected chi connectivity index (χ0v) is 21.8. The van der Waals surface area contributed by atoms with Crippen LogP contribution in [0.4, 0.5) is 0 Å². The van der Waals surface area contributed by atoms with E-state index in [0.29, 0.717) is 19.5 Å². The van der Waals surface area contributed by atoms with Gasteiger partial charge in [-0.05, 0) is 51.3 Å². The van der Waals surface area contributed by atoms with Crippen LogP contribution >= 0.6 is 0 Å². The first-order chi connectivity index (χ1) is 17.3. The lowest BCUT2D eigenvalue weighted by Gasteiger charge is -2.30.